The summed E-state index contributed by atoms with van der Waals surface area (Å²) in [5.74, 6) is 0.941. The minimum atomic E-state index is -0.527. The van der Waals surface area contributed by atoms with Crippen LogP contribution in [0, 0.1) is 0 Å². The van der Waals surface area contributed by atoms with Crippen molar-refractivity contribution in [2.75, 3.05) is 39.6 Å². The van der Waals surface area contributed by atoms with Gasteiger partial charge in [0.05, 0.1) is 37.6 Å². The first-order chi connectivity index (χ1) is 20.4. The van der Waals surface area contributed by atoms with Crippen LogP contribution in [-0.4, -0.2) is 63.8 Å². The number of carbonyl (C=O) groups is 1. The Morgan fingerprint density at radius 1 is 0.884 bits per heavy atom. The van der Waals surface area contributed by atoms with Gasteiger partial charge in [0.15, 0.2) is 0 Å². The monoisotopic (exact) mass is 596 g/mol. The number of benzene rings is 2. The Balaban J connectivity index is 1.67. The van der Waals surface area contributed by atoms with E-state index < -0.39 is 18.3 Å². The number of hydrogen-bond acceptors (Lipinski definition) is 9. The van der Waals surface area contributed by atoms with E-state index in [0.717, 1.165) is 34.6 Å². The van der Waals surface area contributed by atoms with E-state index >= 15 is 0 Å². The number of unbranched alkanes of at least 4 members (excludes halogenated alkanes) is 1. The fourth-order valence-corrected chi connectivity index (χ4v) is 4.54. The van der Waals surface area contributed by atoms with Crippen molar-refractivity contribution in [1.82, 2.24) is 5.32 Å². The second kappa shape index (κ2) is 15.5. The Labute approximate surface area is 256 Å². The normalized spacial score (nSPS) is 16.2. The maximum absolute atomic E-state index is 11.6. The third kappa shape index (κ3) is 9.37. The van der Waals surface area contributed by atoms with Gasteiger partial charge in [0.2, 0.25) is 5.91 Å². The molecule has 0 saturated carbocycles. The van der Waals surface area contributed by atoms with E-state index in [-0.39, 0.29) is 11.7 Å². The number of rotatable bonds is 15. The highest BCUT2D eigenvalue weighted by Gasteiger charge is 2.51. The van der Waals surface area contributed by atoms with E-state index in [9.17, 15) is 4.79 Å². The predicted octanol–water partition coefficient (Wildman–Crippen LogP) is 1.44. The van der Waals surface area contributed by atoms with Gasteiger partial charge in [-0.05, 0) is 64.2 Å². The van der Waals surface area contributed by atoms with Crippen LogP contribution in [0.4, 0.5) is 0 Å². The van der Waals surface area contributed by atoms with Crippen LogP contribution in [0.5, 0.6) is 5.75 Å². The highest BCUT2D eigenvalue weighted by molar-refractivity contribution is 6.62. The molecule has 1 amide bonds. The lowest BCUT2D eigenvalue weighted by Gasteiger charge is -2.32. The molecular formula is C32H49BN4O6. The molecule has 2 aromatic carbocycles. The summed E-state index contributed by atoms with van der Waals surface area (Å²) in [5, 5.41) is 4.29. The Kier molecular flexibility index (Phi) is 12.3. The molecule has 0 atom stereocenters. The molecule has 10 nitrogen and oxygen atoms in total. The maximum Gasteiger partial charge on any atom is 0.494 e. The van der Waals surface area contributed by atoms with E-state index in [4.69, 9.17) is 40.7 Å². The second-order valence-electron chi connectivity index (χ2n) is 11.8. The standard InChI is InChI=1S/C32H49BN4O6/c1-7-8-9-29(38)37-14-15-39-16-17-40-18-19-41-28-13-11-24(33-42-31(3,4)32(5,6)43-33)21-27(28)23-10-12-25(30(35)36)26(20-23)22(2)34/h10-13,20-21H,7-9,14-19,34-36H2,1-6H3,(H,37,38)/b26-22-. The number of hydrogen-bond donors (Lipinski definition) is 4. The number of amides is 1. The lowest BCUT2D eigenvalue weighted by atomic mass is 9.77. The molecular weight excluding hydrogens is 547 g/mol. The molecule has 1 saturated heterocycles. The molecule has 3 rings (SSSR count). The van der Waals surface area contributed by atoms with Crippen molar-refractivity contribution >= 4 is 30.0 Å². The van der Waals surface area contributed by atoms with Crippen LogP contribution < -0.4 is 43.2 Å². The van der Waals surface area contributed by atoms with E-state index in [0.29, 0.717) is 62.7 Å². The molecule has 0 aromatic heterocycles. The zero-order valence-corrected chi connectivity index (χ0v) is 26.6. The second-order valence-corrected chi connectivity index (χ2v) is 11.8. The minimum Gasteiger partial charge on any atom is -0.491 e. The summed E-state index contributed by atoms with van der Waals surface area (Å²) in [6, 6.07) is 11.7. The lowest BCUT2D eigenvalue weighted by Crippen LogP contribution is -2.41. The zero-order valence-electron chi connectivity index (χ0n) is 26.6. The minimum absolute atomic E-state index is 0.0625. The highest BCUT2D eigenvalue weighted by Crippen LogP contribution is 2.37. The van der Waals surface area contributed by atoms with Gasteiger partial charge in [-0.3, -0.25) is 4.79 Å². The smallest absolute Gasteiger partial charge is 0.491 e. The van der Waals surface area contributed by atoms with Crippen molar-refractivity contribution < 1.29 is 28.3 Å². The van der Waals surface area contributed by atoms with Crippen molar-refractivity contribution in [3.8, 4) is 16.9 Å². The molecule has 0 spiro atoms. The summed E-state index contributed by atoms with van der Waals surface area (Å²) in [6.45, 7) is 14.5. The average molecular weight is 597 g/mol. The molecule has 1 aliphatic heterocycles. The van der Waals surface area contributed by atoms with Gasteiger partial charge in [-0.1, -0.05) is 37.6 Å². The molecule has 0 bridgehead atoms. The molecule has 1 fully saturated rings. The maximum atomic E-state index is 11.6. The van der Waals surface area contributed by atoms with Gasteiger partial charge in [-0.25, -0.2) is 0 Å². The van der Waals surface area contributed by atoms with Crippen LogP contribution in [0.1, 0.15) is 60.8 Å². The van der Waals surface area contributed by atoms with Gasteiger partial charge in [0.1, 0.15) is 18.2 Å². The van der Waals surface area contributed by atoms with E-state index in [2.05, 4.69) is 12.2 Å². The van der Waals surface area contributed by atoms with Crippen molar-refractivity contribution in [2.24, 2.45) is 17.2 Å². The Bertz CT molecular complexity index is 1340. The molecule has 0 aliphatic carbocycles. The van der Waals surface area contributed by atoms with Crippen LogP contribution in [0.2, 0.25) is 0 Å². The molecule has 1 aliphatic rings. The first-order valence-electron chi connectivity index (χ1n) is 15.0. The average Bonchev–Trinajstić information content (AvgIpc) is 3.18. The predicted molar refractivity (Wildman–Crippen MR) is 172 cm³/mol. The van der Waals surface area contributed by atoms with E-state index in [1.165, 1.54) is 0 Å². The fraction of sp³-hybridized carbons (Fsp3) is 0.531. The third-order valence-corrected chi connectivity index (χ3v) is 7.78. The Morgan fingerprint density at radius 2 is 1.53 bits per heavy atom. The van der Waals surface area contributed by atoms with Crippen LogP contribution in [0.15, 0.2) is 36.4 Å². The summed E-state index contributed by atoms with van der Waals surface area (Å²) in [6.07, 6.45) is 2.46. The van der Waals surface area contributed by atoms with E-state index in [1.807, 2.05) is 71.0 Å². The van der Waals surface area contributed by atoms with Gasteiger partial charge in [0, 0.05) is 34.7 Å². The Morgan fingerprint density at radius 3 is 2.16 bits per heavy atom. The largest absolute Gasteiger partial charge is 0.494 e. The summed E-state index contributed by atoms with van der Waals surface area (Å²) in [4.78, 5) is 11.6. The van der Waals surface area contributed by atoms with Crippen LogP contribution in [0.25, 0.3) is 22.6 Å². The summed E-state index contributed by atoms with van der Waals surface area (Å²) in [7, 11) is -0.527. The molecule has 43 heavy (non-hydrogen) atoms. The lowest BCUT2D eigenvalue weighted by molar-refractivity contribution is -0.121. The fourth-order valence-electron chi connectivity index (χ4n) is 4.54. The van der Waals surface area contributed by atoms with Gasteiger partial charge in [-0.2, -0.15) is 0 Å². The molecule has 0 unspecified atom stereocenters. The van der Waals surface area contributed by atoms with Crippen LogP contribution in [0.3, 0.4) is 0 Å². The van der Waals surface area contributed by atoms with Crippen molar-refractivity contribution in [3.63, 3.8) is 0 Å². The van der Waals surface area contributed by atoms with Crippen molar-refractivity contribution in [1.29, 1.82) is 0 Å². The van der Waals surface area contributed by atoms with Crippen LogP contribution in [-0.2, 0) is 23.6 Å². The SMILES string of the molecule is CCCCC(=O)NCCOCCOCCOc1ccc(B2OC(C)(C)C(C)(C)O2)cc1-c1ccc(=C(N)N)/c(=C(/C)N)c1. The zero-order chi connectivity index (χ0) is 31.6. The first kappa shape index (κ1) is 34.2. The number of carbonyl (C=O) groups excluding carboxylic acids is 1. The topological polar surface area (TPSA) is 153 Å². The summed E-state index contributed by atoms with van der Waals surface area (Å²) in [5.41, 5.74) is 20.3. The number of nitrogens with one attached hydrogen (secondary N) is 1. The number of ether oxygens (including phenoxy) is 3. The van der Waals surface area contributed by atoms with Crippen molar-refractivity contribution in [3.05, 3.63) is 46.8 Å². The van der Waals surface area contributed by atoms with Gasteiger partial charge < -0.3 is 46.0 Å². The molecule has 0 radical (unpaired) electrons. The molecule has 1 heterocycles. The van der Waals surface area contributed by atoms with Gasteiger partial charge >= 0.3 is 7.12 Å². The molecule has 2 aromatic rings. The van der Waals surface area contributed by atoms with Crippen molar-refractivity contribution in [2.45, 2.75) is 72.0 Å². The van der Waals surface area contributed by atoms with E-state index in [1.54, 1.807) is 0 Å². The Hall–Kier alpha value is -3.25. The first-order valence-corrected chi connectivity index (χ1v) is 15.0. The molecule has 11 heteroatoms. The van der Waals surface area contributed by atoms with Gasteiger partial charge in [-0.15, -0.1) is 0 Å². The number of nitrogens with two attached hydrogens (primary N) is 3. The summed E-state index contributed by atoms with van der Waals surface area (Å²) >= 11 is 0. The molecule has 236 valence electrons. The third-order valence-electron chi connectivity index (χ3n) is 7.78. The van der Waals surface area contributed by atoms with Crippen LogP contribution >= 0.6 is 0 Å². The quantitative estimate of drug-likeness (QED) is 0.177. The molecule has 7 N–H and O–H groups in total. The summed E-state index contributed by atoms with van der Waals surface area (Å²) < 4.78 is 30.0. The highest BCUT2D eigenvalue weighted by atomic mass is 16.7. The van der Waals surface area contributed by atoms with Gasteiger partial charge in [0.25, 0.3) is 0 Å².